The topological polar surface area (TPSA) is 84.9 Å². The fraction of sp³-hybridized carbons (Fsp3) is 0.333. The normalized spacial score (nSPS) is 15.7. The lowest BCUT2D eigenvalue weighted by molar-refractivity contribution is -0.146. The van der Waals surface area contributed by atoms with Crippen LogP contribution in [0, 0.1) is 0 Å². The van der Waals surface area contributed by atoms with E-state index in [9.17, 15) is 14.7 Å². The maximum atomic E-state index is 12.3. The van der Waals surface area contributed by atoms with Crippen LogP contribution in [0.15, 0.2) is 36.1 Å². The van der Waals surface area contributed by atoms with Crippen LogP contribution in [0.5, 0.6) is 0 Å². The summed E-state index contributed by atoms with van der Waals surface area (Å²) in [5, 5.41) is 11.6. The molecule has 22 heavy (non-hydrogen) atoms. The molecule has 0 unspecified atom stereocenters. The van der Waals surface area contributed by atoms with Gasteiger partial charge < -0.3 is 19.9 Å². The molecule has 0 saturated carbocycles. The number of hydrogen-bond donors (Lipinski definition) is 2. The van der Waals surface area contributed by atoms with Gasteiger partial charge in [-0.1, -0.05) is 30.3 Å². The lowest BCUT2D eigenvalue weighted by Gasteiger charge is -2.22. The van der Waals surface area contributed by atoms with Crippen molar-refractivity contribution in [2.24, 2.45) is 0 Å². The van der Waals surface area contributed by atoms with E-state index >= 15 is 0 Å². The van der Waals surface area contributed by atoms with E-state index in [2.05, 4.69) is 10.1 Å². The summed E-state index contributed by atoms with van der Waals surface area (Å²) < 4.78 is 10.0. The summed E-state index contributed by atoms with van der Waals surface area (Å²) in [5.74, 6) is -0.358. The van der Waals surface area contributed by atoms with E-state index in [1.54, 1.807) is 0 Å². The van der Waals surface area contributed by atoms with Gasteiger partial charge >= 0.3 is 5.97 Å². The average molecular weight is 323 g/mol. The second kappa shape index (κ2) is 7.86. The first-order valence-electron chi connectivity index (χ1n) is 6.72. The fourth-order valence-corrected chi connectivity index (χ4v) is 2.89. The number of thioether (sulfide) groups is 1. The monoisotopic (exact) mass is 323 g/mol. The van der Waals surface area contributed by atoms with Gasteiger partial charge in [-0.15, -0.1) is 11.8 Å². The summed E-state index contributed by atoms with van der Waals surface area (Å²) in [4.78, 5) is 24.5. The smallest absolute Gasteiger partial charge is 0.330 e. The number of rotatable bonds is 5. The van der Waals surface area contributed by atoms with Crippen LogP contribution in [-0.2, 0) is 19.1 Å². The van der Waals surface area contributed by atoms with Crippen molar-refractivity contribution in [1.82, 2.24) is 5.32 Å². The van der Waals surface area contributed by atoms with Crippen molar-refractivity contribution >= 4 is 28.5 Å². The standard InChI is InChI=1S/C15H17NO5S/c1-20-15(19)11(9-17)16-14(18)12-13(22-8-7-21-12)10-5-3-2-4-6-10/h2-6,11,17H,7-9H2,1H3,(H,16,18)/t11-/m0/s1. The number of amides is 1. The van der Waals surface area contributed by atoms with Crippen molar-refractivity contribution in [2.75, 3.05) is 26.1 Å². The SMILES string of the molecule is COC(=O)[C@H](CO)NC(=O)C1=C(c2ccccc2)SCCO1. The number of methoxy groups -OCH3 is 1. The zero-order valence-corrected chi connectivity index (χ0v) is 12.9. The van der Waals surface area contributed by atoms with Crippen LogP contribution >= 0.6 is 11.8 Å². The Labute approximate surface area is 132 Å². The number of nitrogens with one attached hydrogen (secondary N) is 1. The zero-order chi connectivity index (χ0) is 15.9. The van der Waals surface area contributed by atoms with Gasteiger partial charge in [0.15, 0.2) is 11.8 Å². The number of carbonyl (C=O) groups is 2. The van der Waals surface area contributed by atoms with Gasteiger partial charge in [0.2, 0.25) is 0 Å². The van der Waals surface area contributed by atoms with Crippen molar-refractivity contribution in [3.05, 3.63) is 41.7 Å². The van der Waals surface area contributed by atoms with Crippen molar-refractivity contribution < 1.29 is 24.2 Å². The Kier molecular flexibility index (Phi) is 5.85. The van der Waals surface area contributed by atoms with Crippen LogP contribution in [0.1, 0.15) is 5.56 Å². The van der Waals surface area contributed by atoms with Crippen LogP contribution in [0.25, 0.3) is 4.91 Å². The molecule has 2 N–H and O–H groups in total. The van der Waals surface area contributed by atoms with Gasteiger partial charge in [0, 0.05) is 5.75 Å². The largest absolute Gasteiger partial charge is 0.486 e. The van der Waals surface area contributed by atoms with Crippen molar-refractivity contribution in [1.29, 1.82) is 0 Å². The Balaban J connectivity index is 2.24. The molecule has 1 amide bonds. The molecule has 2 rings (SSSR count). The summed E-state index contributed by atoms with van der Waals surface area (Å²) in [5.41, 5.74) is 0.871. The molecule has 0 radical (unpaired) electrons. The van der Waals surface area contributed by atoms with E-state index in [4.69, 9.17) is 4.74 Å². The minimum atomic E-state index is -1.11. The molecule has 1 aromatic rings. The van der Waals surface area contributed by atoms with Crippen LogP contribution in [0.2, 0.25) is 0 Å². The molecular weight excluding hydrogens is 306 g/mol. The summed E-state index contributed by atoms with van der Waals surface area (Å²) in [6, 6.07) is 8.28. The van der Waals surface area contributed by atoms with Gasteiger partial charge in [0.05, 0.1) is 25.2 Å². The Hall–Kier alpha value is -1.99. The van der Waals surface area contributed by atoms with Gasteiger partial charge in [-0.25, -0.2) is 4.79 Å². The lowest BCUT2D eigenvalue weighted by atomic mass is 10.2. The van der Waals surface area contributed by atoms with Crippen LogP contribution in [0.3, 0.4) is 0 Å². The van der Waals surface area contributed by atoms with Gasteiger partial charge in [-0.3, -0.25) is 4.79 Å². The molecule has 1 aromatic carbocycles. The number of aliphatic hydroxyl groups excluding tert-OH is 1. The second-order valence-electron chi connectivity index (χ2n) is 4.45. The van der Waals surface area contributed by atoms with E-state index in [-0.39, 0.29) is 5.76 Å². The Morgan fingerprint density at radius 3 is 2.77 bits per heavy atom. The molecule has 118 valence electrons. The van der Waals surface area contributed by atoms with Gasteiger partial charge in [0.1, 0.15) is 0 Å². The first kappa shape index (κ1) is 16.4. The average Bonchev–Trinajstić information content (AvgIpc) is 2.59. The number of carbonyl (C=O) groups excluding carboxylic acids is 2. The molecule has 0 saturated heterocycles. The van der Waals surface area contributed by atoms with E-state index in [0.29, 0.717) is 11.5 Å². The lowest BCUT2D eigenvalue weighted by Crippen LogP contribution is -2.45. The third kappa shape index (κ3) is 3.80. The van der Waals surface area contributed by atoms with Crippen molar-refractivity contribution in [3.8, 4) is 0 Å². The van der Waals surface area contributed by atoms with Crippen molar-refractivity contribution in [3.63, 3.8) is 0 Å². The summed E-state index contributed by atoms with van der Waals surface area (Å²) in [6.45, 7) is -0.134. The molecule has 0 aromatic heterocycles. The Morgan fingerprint density at radius 1 is 1.41 bits per heavy atom. The first-order chi connectivity index (χ1) is 10.7. The molecule has 0 bridgehead atoms. The van der Waals surface area contributed by atoms with E-state index < -0.39 is 24.5 Å². The highest BCUT2D eigenvalue weighted by Crippen LogP contribution is 2.34. The van der Waals surface area contributed by atoms with Crippen LogP contribution in [-0.4, -0.2) is 49.1 Å². The predicted octanol–water partition coefficient (Wildman–Crippen LogP) is 0.769. The van der Waals surface area contributed by atoms with E-state index in [1.165, 1.54) is 18.9 Å². The minimum absolute atomic E-state index is 0.157. The third-order valence-corrected chi connectivity index (χ3v) is 4.08. The molecule has 0 aliphatic carbocycles. The first-order valence-corrected chi connectivity index (χ1v) is 7.70. The second-order valence-corrected chi connectivity index (χ2v) is 5.56. The molecule has 0 spiro atoms. The highest BCUT2D eigenvalue weighted by molar-refractivity contribution is 8.08. The highest BCUT2D eigenvalue weighted by atomic mass is 32.2. The summed E-state index contributed by atoms with van der Waals surface area (Å²) in [6.07, 6.45) is 0. The molecule has 6 nitrogen and oxygen atoms in total. The minimum Gasteiger partial charge on any atom is -0.486 e. The fourth-order valence-electron chi connectivity index (χ4n) is 1.94. The number of aliphatic hydroxyl groups is 1. The molecule has 1 aliphatic rings. The summed E-state index contributed by atoms with van der Waals surface area (Å²) in [7, 11) is 1.19. The number of ether oxygens (including phenoxy) is 2. The maximum Gasteiger partial charge on any atom is 0.330 e. The van der Waals surface area contributed by atoms with Crippen LogP contribution in [0.4, 0.5) is 0 Å². The van der Waals surface area contributed by atoms with E-state index in [1.807, 2.05) is 30.3 Å². The van der Waals surface area contributed by atoms with Gasteiger partial charge in [-0.05, 0) is 5.56 Å². The molecule has 1 atom stereocenters. The number of benzene rings is 1. The molecule has 0 fully saturated rings. The van der Waals surface area contributed by atoms with Crippen LogP contribution < -0.4 is 5.32 Å². The predicted molar refractivity (Wildman–Crippen MR) is 82.8 cm³/mol. The molecule has 7 heteroatoms. The third-order valence-electron chi connectivity index (χ3n) is 3.00. The number of hydrogen-bond acceptors (Lipinski definition) is 6. The highest BCUT2D eigenvalue weighted by Gasteiger charge is 2.27. The quantitative estimate of drug-likeness (QED) is 0.779. The molecule has 1 heterocycles. The van der Waals surface area contributed by atoms with Gasteiger partial charge in [0.25, 0.3) is 5.91 Å². The molecule has 1 aliphatic heterocycles. The van der Waals surface area contributed by atoms with Crippen molar-refractivity contribution in [2.45, 2.75) is 6.04 Å². The molecular formula is C15H17NO5S. The zero-order valence-electron chi connectivity index (χ0n) is 12.1. The number of esters is 1. The Morgan fingerprint density at radius 2 is 2.14 bits per heavy atom. The maximum absolute atomic E-state index is 12.3. The van der Waals surface area contributed by atoms with Gasteiger partial charge in [-0.2, -0.15) is 0 Å². The van der Waals surface area contributed by atoms with E-state index in [0.717, 1.165) is 11.3 Å². The Bertz CT molecular complexity index is 573. The summed E-state index contributed by atoms with van der Waals surface area (Å²) >= 11 is 1.52.